The molecule has 0 radical (unpaired) electrons. The summed E-state index contributed by atoms with van der Waals surface area (Å²) in [5.74, 6) is 0.843. The van der Waals surface area contributed by atoms with Crippen LogP contribution in [0.2, 0.25) is 0 Å². The maximum Gasteiger partial charge on any atom is 0.174 e. The zero-order chi connectivity index (χ0) is 13.3. The van der Waals surface area contributed by atoms with Crippen molar-refractivity contribution >= 4 is 15.9 Å². The quantitative estimate of drug-likeness (QED) is 0.940. The fourth-order valence-corrected chi connectivity index (χ4v) is 2.51. The average molecular weight is 310 g/mol. The average Bonchev–Trinajstić information content (AvgIpc) is 2.78. The Kier molecular flexibility index (Phi) is 3.78. The van der Waals surface area contributed by atoms with Crippen molar-refractivity contribution in [2.45, 2.75) is 19.9 Å². The third-order valence-electron chi connectivity index (χ3n) is 3.23. The van der Waals surface area contributed by atoms with Gasteiger partial charge in [-0.1, -0.05) is 12.1 Å². The Morgan fingerprint density at radius 3 is 2.50 bits per heavy atom. The summed E-state index contributed by atoms with van der Waals surface area (Å²) >= 11 is 3.36. The molecule has 2 rings (SSSR count). The van der Waals surface area contributed by atoms with Crippen molar-refractivity contribution < 1.29 is 9.15 Å². The second kappa shape index (κ2) is 5.16. The van der Waals surface area contributed by atoms with E-state index in [0.29, 0.717) is 4.67 Å². The van der Waals surface area contributed by atoms with E-state index in [1.54, 1.807) is 13.4 Å². The molecule has 0 bridgehead atoms. The van der Waals surface area contributed by atoms with Gasteiger partial charge in [0.2, 0.25) is 0 Å². The number of nitrogens with two attached hydrogens (primary N) is 1. The van der Waals surface area contributed by atoms with Gasteiger partial charge in [0.25, 0.3) is 0 Å². The van der Waals surface area contributed by atoms with Crippen LogP contribution in [0.5, 0.6) is 5.75 Å². The van der Waals surface area contributed by atoms with Crippen LogP contribution in [0, 0.1) is 13.8 Å². The Morgan fingerprint density at radius 2 is 1.94 bits per heavy atom. The van der Waals surface area contributed by atoms with Crippen LogP contribution in [0.4, 0.5) is 0 Å². The zero-order valence-corrected chi connectivity index (χ0v) is 12.2. The zero-order valence-electron chi connectivity index (χ0n) is 10.7. The lowest BCUT2D eigenvalue weighted by Gasteiger charge is -2.18. The number of ether oxygens (including phenoxy) is 1. The largest absolute Gasteiger partial charge is 0.496 e. The minimum absolute atomic E-state index is 0.271. The van der Waals surface area contributed by atoms with Gasteiger partial charge in [-0.3, -0.25) is 0 Å². The lowest BCUT2D eigenvalue weighted by atomic mass is 9.96. The SMILES string of the molecule is COc1c(C(N)c2ccoc2Br)ccc(C)c1C. The third kappa shape index (κ3) is 2.18. The summed E-state index contributed by atoms with van der Waals surface area (Å²) in [6.45, 7) is 4.09. The first kappa shape index (κ1) is 13.2. The first-order valence-electron chi connectivity index (χ1n) is 5.68. The lowest BCUT2D eigenvalue weighted by Crippen LogP contribution is -2.13. The van der Waals surface area contributed by atoms with Gasteiger partial charge in [-0.2, -0.15) is 0 Å². The number of halogens is 1. The van der Waals surface area contributed by atoms with Gasteiger partial charge in [0.05, 0.1) is 19.4 Å². The molecule has 0 spiro atoms. The molecule has 1 aromatic heterocycles. The summed E-state index contributed by atoms with van der Waals surface area (Å²) in [5, 5.41) is 0. The standard InChI is InChI=1S/C14H16BrNO2/c1-8-4-5-10(13(17-3)9(8)2)12(16)11-6-7-18-14(11)15/h4-7,12H,16H2,1-3H3. The Hall–Kier alpha value is -1.26. The van der Waals surface area contributed by atoms with Gasteiger partial charge in [-0.25, -0.2) is 0 Å². The summed E-state index contributed by atoms with van der Waals surface area (Å²) in [7, 11) is 1.67. The van der Waals surface area contributed by atoms with Crippen LogP contribution in [-0.2, 0) is 0 Å². The molecular formula is C14H16BrNO2. The van der Waals surface area contributed by atoms with E-state index >= 15 is 0 Å². The molecule has 0 saturated carbocycles. The summed E-state index contributed by atoms with van der Waals surface area (Å²) in [6.07, 6.45) is 1.62. The monoisotopic (exact) mass is 309 g/mol. The molecular weight excluding hydrogens is 294 g/mol. The fraction of sp³-hybridized carbons (Fsp3) is 0.286. The topological polar surface area (TPSA) is 48.4 Å². The van der Waals surface area contributed by atoms with Crippen molar-refractivity contribution in [2.24, 2.45) is 5.73 Å². The number of furan rings is 1. The lowest BCUT2D eigenvalue weighted by molar-refractivity contribution is 0.404. The smallest absolute Gasteiger partial charge is 0.174 e. The van der Waals surface area contributed by atoms with Crippen LogP contribution in [-0.4, -0.2) is 7.11 Å². The van der Waals surface area contributed by atoms with E-state index in [9.17, 15) is 0 Å². The van der Waals surface area contributed by atoms with Gasteiger partial charge in [-0.05, 0) is 47.0 Å². The molecule has 96 valence electrons. The number of rotatable bonds is 3. The molecule has 0 saturated heterocycles. The van der Waals surface area contributed by atoms with E-state index in [-0.39, 0.29) is 6.04 Å². The molecule has 1 unspecified atom stereocenters. The second-order valence-corrected chi connectivity index (χ2v) is 4.98. The second-order valence-electron chi connectivity index (χ2n) is 4.26. The molecule has 1 heterocycles. The highest BCUT2D eigenvalue weighted by molar-refractivity contribution is 9.10. The highest BCUT2D eigenvalue weighted by Crippen LogP contribution is 2.35. The summed E-state index contributed by atoms with van der Waals surface area (Å²) in [5.41, 5.74) is 10.5. The maximum atomic E-state index is 6.29. The van der Waals surface area contributed by atoms with E-state index in [0.717, 1.165) is 22.4 Å². The van der Waals surface area contributed by atoms with Crippen molar-refractivity contribution in [2.75, 3.05) is 7.11 Å². The predicted molar refractivity (Wildman–Crippen MR) is 74.9 cm³/mol. The molecule has 2 N–H and O–H groups in total. The number of benzene rings is 1. The molecule has 4 heteroatoms. The van der Waals surface area contributed by atoms with Crippen molar-refractivity contribution in [3.63, 3.8) is 0 Å². The maximum absolute atomic E-state index is 6.29. The number of hydrogen-bond donors (Lipinski definition) is 1. The highest BCUT2D eigenvalue weighted by atomic mass is 79.9. The Bertz CT molecular complexity index is 563. The predicted octanol–water partition coefficient (Wildman–Crippen LogP) is 3.72. The van der Waals surface area contributed by atoms with Gasteiger partial charge in [0.1, 0.15) is 5.75 Å². The Balaban J connectivity index is 2.52. The highest BCUT2D eigenvalue weighted by Gasteiger charge is 2.20. The normalized spacial score (nSPS) is 12.5. The fourth-order valence-electron chi connectivity index (χ4n) is 2.02. The Morgan fingerprint density at radius 1 is 1.22 bits per heavy atom. The molecule has 3 nitrogen and oxygen atoms in total. The van der Waals surface area contributed by atoms with Gasteiger partial charge < -0.3 is 14.9 Å². The van der Waals surface area contributed by atoms with Crippen LogP contribution in [0.15, 0.2) is 33.5 Å². The third-order valence-corrected chi connectivity index (χ3v) is 3.87. The molecule has 18 heavy (non-hydrogen) atoms. The molecule has 0 aliphatic rings. The first-order valence-corrected chi connectivity index (χ1v) is 6.48. The van der Waals surface area contributed by atoms with Crippen molar-refractivity contribution in [3.8, 4) is 5.75 Å². The molecule has 1 atom stereocenters. The minimum Gasteiger partial charge on any atom is -0.496 e. The van der Waals surface area contributed by atoms with E-state index in [2.05, 4.69) is 28.9 Å². The van der Waals surface area contributed by atoms with E-state index in [1.807, 2.05) is 19.1 Å². The Labute approximate surface area is 115 Å². The van der Waals surface area contributed by atoms with Crippen molar-refractivity contribution in [1.82, 2.24) is 0 Å². The van der Waals surface area contributed by atoms with Crippen molar-refractivity contribution in [3.05, 3.63) is 51.4 Å². The molecule has 1 aromatic carbocycles. The molecule has 0 amide bonds. The first-order chi connectivity index (χ1) is 8.56. The van der Waals surface area contributed by atoms with E-state index in [4.69, 9.17) is 14.9 Å². The summed E-state index contributed by atoms with van der Waals surface area (Å²) < 4.78 is 11.4. The van der Waals surface area contributed by atoms with Gasteiger partial charge in [0.15, 0.2) is 4.67 Å². The molecule has 0 fully saturated rings. The molecule has 0 aliphatic heterocycles. The van der Waals surface area contributed by atoms with Crippen LogP contribution >= 0.6 is 15.9 Å². The minimum atomic E-state index is -0.271. The van der Waals surface area contributed by atoms with Gasteiger partial charge in [0, 0.05) is 11.1 Å². The summed E-state index contributed by atoms with van der Waals surface area (Å²) in [4.78, 5) is 0. The van der Waals surface area contributed by atoms with Crippen molar-refractivity contribution in [1.29, 1.82) is 0 Å². The van der Waals surface area contributed by atoms with Gasteiger partial charge >= 0.3 is 0 Å². The summed E-state index contributed by atoms with van der Waals surface area (Å²) in [6, 6.07) is 5.66. The number of hydrogen-bond acceptors (Lipinski definition) is 3. The molecule has 0 aliphatic carbocycles. The van der Waals surface area contributed by atoms with Crippen LogP contribution in [0.3, 0.4) is 0 Å². The van der Waals surface area contributed by atoms with E-state index in [1.165, 1.54) is 5.56 Å². The molecule has 2 aromatic rings. The van der Waals surface area contributed by atoms with E-state index < -0.39 is 0 Å². The number of aryl methyl sites for hydroxylation is 1. The number of methoxy groups -OCH3 is 1. The van der Waals surface area contributed by atoms with Gasteiger partial charge in [-0.15, -0.1) is 0 Å². The van der Waals surface area contributed by atoms with Crippen LogP contribution < -0.4 is 10.5 Å². The van der Waals surface area contributed by atoms with Crippen LogP contribution in [0.1, 0.15) is 28.3 Å². The van der Waals surface area contributed by atoms with Crippen LogP contribution in [0.25, 0.3) is 0 Å².